The Bertz CT molecular complexity index is 635. The topological polar surface area (TPSA) is 77.0 Å². The van der Waals surface area contributed by atoms with Crippen LogP contribution >= 0.6 is 0 Å². The first-order valence-electron chi connectivity index (χ1n) is 6.88. The first-order valence-corrected chi connectivity index (χ1v) is 6.88. The molecule has 0 aliphatic rings. The zero-order chi connectivity index (χ0) is 15.4. The van der Waals surface area contributed by atoms with Crippen LogP contribution in [-0.2, 0) is 24.4 Å². The highest BCUT2D eigenvalue weighted by molar-refractivity contribution is 5.75. The van der Waals surface area contributed by atoms with E-state index in [2.05, 4.69) is 42.4 Å². The number of benzene rings is 1. The number of nitrogens with zero attached hydrogens (tertiary/aromatic N) is 4. The molecule has 112 valence electrons. The Morgan fingerprint density at radius 1 is 1.38 bits per heavy atom. The molecule has 0 aliphatic carbocycles. The minimum atomic E-state index is -0.0107. The summed E-state index contributed by atoms with van der Waals surface area (Å²) in [5.41, 5.74) is 9.72. The third-order valence-corrected chi connectivity index (χ3v) is 3.42. The number of aryl methyl sites for hydroxylation is 2. The van der Waals surface area contributed by atoms with E-state index in [0.717, 1.165) is 5.56 Å². The van der Waals surface area contributed by atoms with Crippen LogP contribution in [0.15, 0.2) is 24.4 Å². The summed E-state index contributed by atoms with van der Waals surface area (Å²) in [6.45, 7) is 5.21. The summed E-state index contributed by atoms with van der Waals surface area (Å²) < 4.78 is 1.52. The zero-order valence-electron chi connectivity index (χ0n) is 12.7. The van der Waals surface area contributed by atoms with E-state index in [9.17, 15) is 4.79 Å². The van der Waals surface area contributed by atoms with Crippen molar-refractivity contribution in [3.63, 3.8) is 0 Å². The van der Waals surface area contributed by atoms with Gasteiger partial charge in [0.25, 0.3) is 0 Å². The SMILES string of the molecule is Cc1ccc(CN(C)C(=O)Cn2cc(CN)nn2)c(C)c1. The van der Waals surface area contributed by atoms with Gasteiger partial charge in [0.2, 0.25) is 5.91 Å². The molecule has 0 spiro atoms. The second-order valence-corrected chi connectivity index (χ2v) is 5.29. The summed E-state index contributed by atoms with van der Waals surface area (Å²) in [6, 6.07) is 6.25. The van der Waals surface area contributed by atoms with Crippen LogP contribution < -0.4 is 5.73 Å². The van der Waals surface area contributed by atoms with Crippen LogP contribution in [0.3, 0.4) is 0 Å². The molecule has 2 rings (SSSR count). The first kappa shape index (κ1) is 15.2. The quantitative estimate of drug-likeness (QED) is 0.890. The third kappa shape index (κ3) is 3.88. The van der Waals surface area contributed by atoms with Crippen molar-refractivity contribution in [2.24, 2.45) is 5.73 Å². The van der Waals surface area contributed by atoms with Gasteiger partial charge in [-0.25, -0.2) is 4.68 Å². The maximum Gasteiger partial charge on any atom is 0.244 e. The summed E-state index contributed by atoms with van der Waals surface area (Å²) in [4.78, 5) is 13.9. The van der Waals surface area contributed by atoms with E-state index in [1.807, 2.05) is 0 Å². The summed E-state index contributed by atoms with van der Waals surface area (Å²) in [5, 5.41) is 7.76. The second kappa shape index (κ2) is 6.49. The van der Waals surface area contributed by atoms with Gasteiger partial charge in [-0.05, 0) is 25.0 Å². The van der Waals surface area contributed by atoms with E-state index in [1.54, 1.807) is 18.1 Å². The normalized spacial score (nSPS) is 10.7. The van der Waals surface area contributed by atoms with Crippen LogP contribution in [0.1, 0.15) is 22.4 Å². The van der Waals surface area contributed by atoms with Crippen molar-refractivity contribution in [3.8, 4) is 0 Å². The van der Waals surface area contributed by atoms with Crippen LogP contribution in [0, 0.1) is 13.8 Å². The fourth-order valence-electron chi connectivity index (χ4n) is 2.14. The molecule has 1 amide bonds. The minimum Gasteiger partial charge on any atom is -0.340 e. The molecule has 0 bridgehead atoms. The van der Waals surface area contributed by atoms with Crippen LogP contribution in [0.5, 0.6) is 0 Å². The van der Waals surface area contributed by atoms with Crippen molar-refractivity contribution >= 4 is 5.91 Å². The number of hydrogen-bond acceptors (Lipinski definition) is 4. The predicted octanol–water partition coefficient (Wildman–Crippen LogP) is 1.01. The maximum atomic E-state index is 12.2. The molecular formula is C15H21N5O. The van der Waals surface area contributed by atoms with Gasteiger partial charge in [0, 0.05) is 20.1 Å². The molecule has 2 aromatic rings. The van der Waals surface area contributed by atoms with E-state index in [0.29, 0.717) is 18.8 Å². The van der Waals surface area contributed by atoms with Crippen molar-refractivity contribution < 1.29 is 4.79 Å². The minimum absolute atomic E-state index is 0.0107. The summed E-state index contributed by atoms with van der Waals surface area (Å²) in [5.74, 6) is -0.0107. The molecule has 0 aliphatic heterocycles. The fourth-order valence-corrected chi connectivity index (χ4v) is 2.14. The molecular weight excluding hydrogens is 266 g/mol. The number of likely N-dealkylation sites (N-methyl/N-ethyl adjacent to an activating group) is 1. The Morgan fingerprint density at radius 2 is 2.14 bits per heavy atom. The van der Waals surface area contributed by atoms with Crippen LogP contribution in [0.4, 0.5) is 0 Å². The van der Waals surface area contributed by atoms with Gasteiger partial charge in [-0.1, -0.05) is 29.0 Å². The van der Waals surface area contributed by atoms with Gasteiger partial charge < -0.3 is 10.6 Å². The molecule has 21 heavy (non-hydrogen) atoms. The van der Waals surface area contributed by atoms with Gasteiger partial charge in [0.15, 0.2) is 0 Å². The van der Waals surface area contributed by atoms with Crippen LogP contribution in [0.25, 0.3) is 0 Å². The molecule has 0 atom stereocenters. The first-order chi connectivity index (χ1) is 9.99. The number of amides is 1. The molecule has 6 nitrogen and oxygen atoms in total. The second-order valence-electron chi connectivity index (χ2n) is 5.29. The summed E-state index contributed by atoms with van der Waals surface area (Å²) in [6.07, 6.45) is 1.70. The molecule has 0 fully saturated rings. The average molecular weight is 287 g/mol. The molecule has 2 N–H and O–H groups in total. The van der Waals surface area contributed by atoms with E-state index in [1.165, 1.54) is 15.8 Å². The van der Waals surface area contributed by atoms with E-state index in [4.69, 9.17) is 5.73 Å². The molecule has 6 heteroatoms. The van der Waals surface area contributed by atoms with Gasteiger partial charge >= 0.3 is 0 Å². The standard InChI is InChI=1S/C15H21N5O/c1-11-4-5-13(12(2)6-11)8-19(3)15(21)10-20-9-14(7-16)17-18-20/h4-6,9H,7-8,10,16H2,1-3H3. The predicted molar refractivity (Wildman–Crippen MR) is 80.3 cm³/mol. The molecule has 1 aromatic heterocycles. The third-order valence-electron chi connectivity index (χ3n) is 3.42. The number of nitrogens with two attached hydrogens (primary N) is 1. The Morgan fingerprint density at radius 3 is 2.76 bits per heavy atom. The van der Waals surface area contributed by atoms with Gasteiger partial charge in [0.1, 0.15) is 6.54 Å². The van der Waals surface area contributed by atoms with E-state index >= 15 is 0 Å². The lowest BCUT2D eigenvalue weighted by Gasteiger charge is -2.18. The summed E-state index contributed by atoms with van der Waals surface area (Å²) in [7, 11) is 1.79. The highest BCUT2D eigenvalue weighted by Gasteiger charge is 2.12. The highest BCUT2D eigenvalue weighted by atomic mass is 16.2. The number of carbonyl (C=O) groups excluding carboxylic acids is 1. The number of hydrogen-bond donors (Lipinski definition) is 1. The molecule has 1 aromatic carbocycles. The molecule has 0 saturated carbocycles. The smallest absolute Gasteiger partial charge is 0.244 e. The van der Waals surface area contributed by atoms with Gasteiger partial charge in [-0.3, -0.25) is 4.79 Å². The molecule has 0 radical (unpaired) electrons. The van der Waals surface area contributed by atoms with Crippen molar-refractivity contribution in [2.45, 2.75) is 33.5 Å². The monoisotopic (exact) mass is 287 g/mol. The Hall–Kier alpha value is -2.21. The van der Waals surface area contributed by atoms with Gasteiger partial charge in [-0.15, -0.1) is 5.10 Å². The Kier molecular flexibility index (Phi) is 4.70. The molecule has 0 unspecified atom stereocenters. The van der Waals surface area contributed by atoms with Crippen LogP contribution in [0.2, 0.25) is 0 Å². The molecule has 1 heterocycles. The van der Waals surface area contributed by atoms with Crippen molar-refractivity contribution in [3.05, 3.63) is 46.8 Å². The summed E-state index contributed by atoms with van der Waals surface area (Å²) >= 11 is 0. The van der Waals surface area contributed by atoms with Crippen molar-refractivity contribution in [1.29, 1.82) is 0 Å². The Balaban J connectivity index is 1.98. The largest absolute Gasteiger partial charge is 0.340 e. The molecule has 0 saturated heterocycles. The average Bonchev–Trinajstić information content (AvgIpc) is 2.89. The van der Waals surface area contributed by atoms with Crippen LogP contribution in [-0.4, -0.2) is 32.8 Å². The lowest BCUT2D eigenvalue weighted by molar-refractivity contribution is -0.131. The number of aromatic nitrogens is 3. The lowest BCUT2D eigenvalue weighted by atomic mass is 10.1. The number of carbonyl (C=O) groups is 1. The van der Waals surface area contributed by atoms with Crippen molar-refractivity contribution in [2.75, 3.05) is 7.05 Å². The maximum absolute atomic E-state index is 12.2. The van der Waals surface area contributed by atoms with E-state index < -0.39 is 0 Å². The van der Waals surface area contributed by atoms with Gasteiger partial charge in [-0.2, -0.15) is 0 Å². The fraction of sp³-hybridized carbons (Fsp3) is 0.400. The Labute approximate surface area is 124 Å². The highest BCUT2D eigenvalue weighted by Crippen LogP contribution is 2.12. The lowest BCUT2D eigenvalue weighted by Crippen LogP contribution is -2.30. The zero-order valence-corrected chi connectivity index (χ0v) is 12.7. The van der Waals surface area contributed by atoms with Gasteiger partial charge in [0.05, 0.1) is 11.9 Å². The van der Waals surface area contributed by atoms with Crippen molar-refractivity contribution in [1.82, 2.24) is 19.9 Å². The van der Waals surface area contributed by atoms with E-state index in [-0.39, 0.29) is 12.5 Å². The number of rotatable bonds is 5.